The summed E-state index contributed by atoms with van der Waals surface area (Å²) < 4.78 is 64.9. The predicted octanol–water partition coefficient (Wildman–Crippen LogP) is 3.85. The molecule has 1 aromatic heterocycles. The van der Waals surface area contributed by atoms with Gasteiger partial charge >= 0.3 is 6.18 Å². The number of nitrogens with one attached hydrogen (secondary N) is 2. The van der Waals surface area contributed by atoms with Gasteiger partial charge in [-0.1, -0.05) is 24.3 Å². The lowest BCUT2D eigenvalue weighted by molar-refractivity contribution is -0.137. The van der Waals surface area contributed by atoms with Crippen LogP contribution in [0.5, 0.6) is 0 Å². The summed E-state index contributed by atoms with van der Waals surface area (Å²) in [6.45, 7) is 1.71. The Balaban J connectivity index is 1.84. The summed E-state index contributed by atoms with van der Waals surface area (Å²) in [5.41, 5.74) is -0.429. The van der Waals surface area contributed by atoms with Crippen LogP contribution in [0.15, 0.2) is 63.1 Å². The van der Waals surface area contributed by atoms with Crippen molar-refractivity contribution in [1.82, 2.24) is 10.3 Å². The van der Waals surface area contributed by atoms with Crippen molar-refractivity contribution >= 4 is 20.7 Å². The summed E-state index contributed by atoms with van der Waals surface area (Å²) in [6, 6.07) is 10.0. The van der Waals surface area contributed by atoms with Crippen molar-refractivity contribution in [3.63, 3.8) is 0 Å². The van der Waals surface area contributed by atoms with Gasteiger partial charge in [-0.05, 0) is 67.1 Å². The maximum absolute atomic E-state index is 13.0. The third kappa shape index (κ3) is 3.75. The van der Waals surface area contributed by atoms with Crippen LogP contribution in [0, 0.1) is 0 Å². The summed E-state index contributed by atoms with van der Waals surface area (Å²) in [5.74, 6) is 0.233. The number of benzene rings is 2. The van der Waals surface area contributed by atoms with E-state index in [-0.39, 0.29) is 5.92 Å². The fourth-order valence-corrected chi connectivity index (χ4v) is 5.25. The number of aromatic amines is 1. The molecule has 158 valence electrons. The third-order valence-corrected chi connectivity index (χ3v) is 7.17. The first-order chi connectivity index (χ1) is 14.2. The average molecular weight is 436 g/mol. The summed E-state index contributed by atoms with van der Waals surface area (Å²) in [7, 11) is -4.44. The van der Waals surface area contributed by atoms with Crippen LogP contribution in [-0.2, 0) is 16.0 Å². The minimum Gasteiger partial charge on any atom is -0.321 e. The molecule has 1 fully saturated rings. The number of H-pyrrole nitrogens is 1. The number of alkyl halides is 3. The number of sulfone groups is 1. The van der Waals surface area contributed by atoms with E-state index in [1.54, 1.807) is 12.1 Å². The Morgan fingerprint density at radius 3 is 2.37 bits per heavy atom. The number of rotatable bonds is 3. The second kappa shape index (κ2) is 7.55. The summed E-state index contributed by atoms with van der Waals surface area (Å²) in [5, 5.41) is 3.80. The van der Waals surface area contributed by atoms with E-state index >= 15 is 0 Å². The molecule has 1 saturated heterocycles. The summed E-state index contributed by atoms with van der Waals surface area (Å²) in [4.78, 5) is 14.2. The molecule has 2 heterocycles. The number of piperidine rings is 1. The Labute approximate surface area is 170 Å². The van der Waals surface area contributed by atoms with Gasteiger partial charge in [0, 0.05) is 0 Å². The van der Waals surface area contributed by atoms with E-state index in [4.69, 9.17) is 0 Å². The molecule has 0 bridgehead atoms. The number of fused-ring (bicyclic) bond motifs is 1. The first-order valence-electron chi connectivity index (χ1n) is 9.47. The molecule has 0 radical (unpaired) electrons. The highest BCUT2D eigenvalue weighted by molar-refractivity contribution is 7.91. The van der Waals surface area contributed by atoms with Gasteiger partial charge in [0.25, 0.3) is 5.56 Å². The Bertz CT molecular complexity index is 1260. The standard InChI is InChI=1S/C21H19F3N2O3S/c22-21(23,24)15-4-2-5-16(12-15)30(28,29)18-11-14-3-1-6-17(19(14)26-20(18)27)13-7-9-25-10-8-13/h1-6,11-13,25H,7-10H2,(H,26,27). The van der Waals surface area contributed by atoms with Crippen molar-refractivity contribution in [2.24, 2.45) is 0 Å². The van der Waals surface area contributed by atoms with Gasteiger partial charge in [0.2, 0.25) is 9.84 Å². The molecule has 1 aliphatic heterocycles. The third-order valence-electron chi connectivity index (χ3n) is 5.42. The fraction of sp³-hybridized carbons (Fsp3) is 0.286. The van der Waals surface area contributed by atoms with Gasteiger partial charge in [0.05, 0.1) is 16.0 Å². The zero-order valence-corrected chi connectivity index (χ0v) is 16.6. The Morgan fingerprint density at radius 1 is 0.967 bits per heavy atom. The van der Waals surface area contributed by atoms with E-state index in [0.717, 1.165) is 49.7 Å². The van der Waals surface area contributed by atoms with E-state index in [0.29, 0.717) is 17.0 Å². The second-order valence-corrected chi connectivity index (χ2v) is 9.25. The molecule has 2 N–H and O–H groups in total. The molecule has 0 amide bonds. The quantitative estimate of drug-likeness (QED) is 0.654. The summed E-state index contributed by atoms with van der Waals surface area (Å²) in [6.07, 6.45) is -2.90. The normalized spacial score (nSPS) is 16.1. The van der Waals surface area contributed by atoms with Gasteiger partial charge < -0.3 is 10.3 Å². The summed E-state index contributed by atoms with van der Waals surface area (Å²) >= 11 is 0. The first-order valence-corrected chi connectivity index (χ1v) is 11.0. The van der Waals surface area contributed by atoms with E-state index in [1.165, 1.54) is 6.07 Å². The number of para-hydroxylation sites is 1. The van der Waals surface area contributed by atoms with Crippen LogP contribution in [-0.4, -0.2) is 26.5 Å². The molecule has 0 saturated carbocycles. The van der Waals surface area contributed by atoms with Gasteiger partial charge in [-0.3, -0.25) is 4.79 Å². The first kappa shape index (κ1) is 20.6. The molecule has 0 unspecified atom stereocenters. The molecular formula is C21H19F3N2O3S. The van der Waals surface area contributed by atoms with Crippen molar-refractivity contribution in [3.8, 4) is 0 Å². The molecule has 4 rings (SSSR count). The maximum Gasteiger partial charge on any atom is 0.416 e. The highest BCUT2D eigenvalue weighted by Gasteiger charge is 2.32. The SMILES string of the molecule is O=c1[nH]c2c(C3CCNCC3)cccc2cc1S(=O)(=O)c1cccc(C(F)(F)F)c1. The zero-order valence-electron chi connectivity index (χ0n) is 15.8. The fourth-order valence-electron chi connectivity index (χ4n) is 3.87. The molecule has 0 spiro atoms. The molecule has 3 aromatic rings. The van der Waals surface area contributed by atoms with Crippen LogP contribution in [0.3, 0.4) is 0 Å². The molecule has 9 heteroatoms. The highest BCUT2D eigenvalue weighted by atomic mass is 32.2. The zero-order chi connectivity index (χ0) is 21.5. The second-order valence-electron chi connectivity index (χ2n) is 7.33. The number of pyridine rings is 1. The molecule has 0 aliphatic carbocycles. The van der Waals surface area contributed by atoms with Crippen LogP contribution in [0.4, 0.5) is 13.2 Å². The average Bonchev–Trinajstić information content (AvgIpc) is 2.73. The van der Waals surface area contributed by atoms with Gasteiger partial charge in [-0.15, -0.1) is 0 Å². The van der Waals surface area contributed by atoms with Crippen molar-refractivity contribution in [1.29, 1.82) is 0 Å². The van der Waals surface area contributed by atoms with Crippen LogP contribution < -0.4 is 10.9 Å². The molecule has 30 heavy (non-hydrogen) atoms. The minimum absolute atomic E-state index is 0.233. The molecule has 2 aromatic carbocycles. The van der Waals surface area contributed by atoms with Crippen molar-refractivity contribution in [2.45, 2.75) is 34.7 Å². The van der Waals surface area contributed by atoms with Gasteiger partial charge in [-0.25, -0.2) is 8.42 Å². The van der Waals surface area contributed by atoms with Crippen LogP contribution in [0.1, 0.15) is 29.9 Å². The van der Waals surface area contributed by atoms with Gasteiger partial charge in [0.1, 0.15) is 4.90 Å². The van der Waals surface area contributed by atoms with Crippen LogP contribution in [0.2, 0.25) is 0 Å². The Morgan fingerprint density at radius 2 is 1.67 bits per heavy atom. The lowest BCUT2D eigenvalue weighted by atomic mass is 9.89. The van der Waals surface area contributed by atoms with E-state index in [1.807, 2.05) is 6.07 Å². The van der Waals surface area contributed by atoms with E-state index < -0.39 is 36.9 Å². The van der Waals surface area contributed by atoms with Gasteiger partial charge in [-0.2, -0.15) is 13.2 Å². The number of hydrogen-bond donors (Lipinski definition) is 2. The Hall–Kier alpha value is -2.65. The molecule has 5 nitrogen and oxygen atoms in total. The highest BCUT2D eigenvalue weighted by Crippen LogP contribution is 2.33. The van der Waals surface area contributed by atoms with Crippen LogP contribution >= 0.6 is 0 Å². The monoisotopic (exact) mass is 436 g/mol. The molecule has 0 atom stereocenters. The Kier molecular flexibility index (Phi) is 5.19. The van der Waals surface area contributed by atoms with Crippen LogP contribution in [0.25, 0.3) is 10.9 Å². The number of aromatic nitrogens is 1. The van der Waals surface area contributed by atoms with Gasteiger partial charge in [0.15, 0.2) is 0 Å². The molecular weight excluding hydrogens is 417 g/mol. The van der Waals surface area contributed by atoms with Crippen molar-refractivity contribution < 1.29 is 21.6 Å². The number of halogens is 3. The smallest absolute Gasteiger partial charge is 0.321 e. The van der Waals surface area contributed by atoms with Crippen molar-refractivity contribution in [3.05, 3.63) is 70.0 Å². The van der Waals surface area contributed by atoms with Crippen molar-refractivity contribution in [2.75, 3.05) is 13.1 Å². The minimum atomic E-state index is -4.69. The maximum atomic E-state index is 13.0. The number of hydrogen-bond acceptors (Lipinski definition) is 4. The molecule has 1 aliphatic rings. The topological polar surface area (TPSA) is 79.0 Å². The largest absolute Gasteiger partial charge is 0.416 e. The van der Waals surface area contributed by atoms with E-state index in [9.17, 15) is 26.4 Å². The lowest BCUT2D eigenvalue weighted by Crippen LogP contribution is -2.27. The van der Waals surface area contributed by atoms with E-state index in [2.05, 4.69) is 10.3 Å². The lowest BCUT2D eigenvalue weighted by Gasteiger charge is -2.24. The predicted molar refractivity (Wildman–Crippen MR) is 106 cm³/mol.